The number of ether oxygens (including phenoxy) is 2. The first kappa shape index (κ1) is 32.5. The van der Waals surface area contributed by atoms with Gasteiger partial charge in [0.05, 0.1) is 36.1 Å². The summed E-state index contributed by atoms with van der Waals surface area (Å²) in [6.07, 6.45) is 1.86. The SMILES string of the molecule is COc1cccc([C@H]2C(C(=O)Nc3ccccc3)=C(C)N=c3s/c(=C\c4cc(I)c(OCc5ccc(Cl)cc5)c(I)c4)c(=O)n32)c1. The van der Waals surface area contributed by atoms with Gasteiger partial charge in [0.1, 0.15) is 18.1 Å². The van der Waals surface area contributed by atoms with E-state index in [0.29, 0.717) is 43.7 Å². The average Bonchev–Trinajstić information content (AvgIpc) is 3.34. The smallest absolute Gasteiger partial charge is 0.271 e. The fourth-order valence-corrected chi connectivity index (χ4v) is 8.45. The number of thiazole rings is 1. The number of benzene rings is 4. The van der Waals surface area contributed by atoms with Crippen molar-refractivity contribution in [3.63, 3.8) is 0 Å². The third-order valence-corrected chi connectivity index (χ3v) is 10.2. The normalized spacial score (nSPS) is 14.5. The Morgan fingerprint density at radius 1 is 1.02 bits per heavy atom. The fourth-order valence-electron chi connectivity index (χ4n) is 5.15. The van der Waals surface area contributed by atoms with Gasteiger partial charge in [-0.3, -0.25) is 14.2 Å². The van der Waals surface area contributed by atoms with Crippen molar-refractivity contribution in [1.82, 2.24) is 4.57 Å². The van der Waals surface area contributed by atoms with E-state index >= 15 is 0 Å². The van der Waals surface area contributed by atoms with E-state index in [1.807, 2.05) is 97.1 Å². The van der Waals surface area contributed by atoms with Gasteiger partial charge in [-0.05, 0) is 123 Å². The van der Waals surface area contributed by atoms with Crippen LogP contribution in [0.1, 0.15) is 29.7 Å². The van der Waals surface area contributed by atoms with Gasteiger partial charge >= 0.3 is 0 Å². The van der Waals surface area contributed by atoms with Crippen LogP contribution < -0.4 is 29.7 Å². The molecule has 11 heteroatoms. The van der Waals surface area contributed by atoms with Crippen LogP contribution in [0.15, 0.2) is 112 Å². The minimum atomic E-state index is -0.707. The van der Waals surface area contributed by atoms with Crippen molar-refractivity contribution in [2.24, 2.45) is 4.99 Å². The number of rotatable bonds is 8. The number of hydrogen-bond donors (Lipinski definition) is 1. The zero-order valence-corrected chi connectivity index (χ0v) is 30.5. The molecular formula is C35H26ClI2N3O4S. The fraction of sp³-hybridized carbons (Fsp3) is 0.114. The highest BCUT2D eigenvalue weighted by Gasteiger charge is 2.32. The van der Waals surface area contributed by atoms with Crippen LogP contribution in [0, 0.1) is 7.14 Å². The molecule has 2 heterocycles. The van der Waals surface area contributed by atoms with Gasteiger partial charge in [-0.2, -0.15) is 0 Å². The van der Waals surface area contributed by atoms with Crippen LogP contribution in [-0.4, -0.2) is 17.6 Å². The van der Waals surface area contributed by atoms with E-state index in [2.05, 4.69) is 50.5 Å². The van der Waals surface area contributed by atoms with Gasteiger partial charge in [-0.1, -0.05) is 65.4 Å². The maximum atomic E-state index is 14.2. The standard InChI is InChI=1S/C35H26ClI2N3O4S/c1-20-30(33(42)40-25-8-4-3-5-9-25)31(23-7-6-10-26(18-23)44-2)41-34(43)29(46-35(41)39-20)17-22-15-27(37)32(28(38)16-22)45-19-21-11-13-24(36)14-12-21/h3-18,31H,19H2,1-2H3,(H,40,42)/b29-17-/t31-/m0/s1. The van der Waals surface area contributed by atoms with Gasteiger partial charge in [0.15, 0.2) is 4.80 Å². The number of anilines is 1. The predicted octanol–water partition coefficient (Wildman–Crippen LogP) is 7.32. The molecule has 0 unspecified atom stereocenters. The molecule has 1 aliphatic heterocycles. The Hall–Kier alpha value is -3.46. The molecule has 1 N–H and O–H groups in total. The topological polar surface area (TPSA) is 81.9 Å². The first-order valence-corrected chi connectivity index (χ1v) is 17.5. The number of aromatic nitrogens is 1. The molecule has 0 bridgehead atoms. The molecule has 4 aromatic carbocycles. The zero-order valence-electron chi connectivity index (χ0n) is 24.6. The molecule has 1 atom stereocenters. The van der Waals surface area contributed by atoms with Crippen molar-refractivity contribution in [3.8, 4) is 11.5 Å². The zero-order chi connectivity index (χ0) is 32.4. The molecule has 7 nitrogen and oxygen atoms in total. The maximum absolute atomic E-state index is 14.2. The van der Waals surface area contributed by atoms with Gasteiger partial charge in [-0.25, -0.2) is 4.99 Å². The van der Waals surface area contributed by atoms with Crippen molar-refractivity contribution in [3.05, 3.63) is 151 Å². The third-order valence-electron chi connectivity index (χ3n) is 7.32. The van der Waals surface area contributed by atoms with Gasteiger partial charge in [0.25, 0.3) is 11.5 Å². The summed E-state index contributed by atoms with van der Waals surface area (Å²) in [7, 11) is 1.59. The number of allylic oxidation sites excluding steroid dienone is 1. The Labute approximate surface area is 301 Å². The molecule has 5 aromatic rings. The highest BCUT2D eigenvalue weighted by atomic mass is 127. The summed E-state index contributed by atoms with van der Waals surface area (Å²) in [6, 6.07) is 27.5. The predicted molar refractivity (Wildman–Crippen MR) is 199 cm³/mol. The largest absolute Gasteiger partial charge is 0.497 e. The summed E-state index contributed by atoms with van der Waals surface area (Å²) >= 11 is 11.8. The van der Waals surface area contributed by atoms with Crippen molar-refractivity contribution >= 4 is 85.8 Å². The number of amides is 1. The molecule has 1 amide bonds. The monoisotopic (exact) mass is 873 g/mol. The number of carbonyl (C=O) groups excluding carboxylic acids is 1. The number of methoxy groups -OCH3 is 1. The summed E-state index contributed by atoms with van der Waals surface area (Å²) in [5.74, 6) is 1.07. The second kappa shape index (κ2) is 14.1. The van der Waals surface area contributed by atoms with E-state index in [1.165, 1.54) is 11.3 Å². The van der Waals surface area contributed by atoms with Gasteiger partial charge in [-0.15, -0.1) is 0 Å². The Morgan fingerprint density at radius 3 is 2.43 bits per heavy atom. The van der Waals surface area contributed by atoms with Crippen LogP contribution in [0.5, 0.6) is 11.5 Å². The minimum absolute atomic E-state index is 0.234. The quantitative estimate of drug-likeness (QED) is 0.166. The van der Waals surface area contributed by atoms with Crippen LogP contribution in [-0.2, 0) is 11.4 Å². The lowest BCUT2D eigenvalue weighted by molar-refractivity contribution is -0.113. The number of nitrogens with one attached hydrogen (secondary N) is 1. The Kier molecular flexibility index (Phi) is 9.97. The van der Waals surface area contributed by atoms with Crippen LogP contribution in [0.4, 0.5) is 5.69 Å². The van der Waals surface area contributed by atoms with Gasteiger partial charge < -0.3 is 14.8 Å². The molecule has 0 aliphatic carbocycles. The lowest BCUT2D eigenvalue weighted by Crippen LogP contribution is -2.40. The number of fused-ring (bicyclic) bond motifs is 1. The van der Waals surface area contributed by atoms with E-state index in [0.717, 1.165) is 29.6 Å². The molecule has 0 fully saturated rings. The van der Waals surface area contributed by atoms with E-state index < -0.39 is 6.04 Å². The second-order valence-corrected chi connectivity index (χ2v) is 14.2. The molecule has 232 valence electrons. The highest BCUT2D eigenvalue weighted by Crippen LogP contribution is 2.33. The Morgan fingerprint density at radius 2 is 1.74 bits per heavy atom. The molecular weight excluding hydrogens is 848 g/mol. The van der Waals surface area contributed by atoms with Crippen molar-refractivity contribution in [1.29, 1.82) is 0 Å². The highest BCUT2D eigenvalue weighted by molar-refractivity contribution is 14.1. The minimum Gasteiger partial charge on any atom is -0.497 e. The molecule has 6 rings (SSSR count). The molecule has 46 heavy (non-hydrogen) atoms. The number of para-hydroxylation sites is 1. The lowest BCUT2D eigenvalue weighted by atomic mass is 9.95. The molecule has 0 saturated carbocycles. The molecule has 1 aromatic heterocycles. The van der Waals surface area contributed by atoms with E-state index in [9.17, 15) is 9.59 Å². The molecule has 1 aliphatic rings. The molecule has 0 radical (unpaired) electrons. The summed E-state index contributed by atoms with van der Waals surface area (Å²) in [6.45, 7) is 2.21. The van der Waals surface area contributed by atoms with Crippen molar-refractivity contribution in [2.75, 3.05) is 12.4 Å². The molecule has 0 spiro atoms. The summed E-state index contributed by atoms with van der Waals surface area (Å²) in [4.78, 5) is 33.2. The number of nitrogens with zero attached hydrogens (tertiary/aromatic N) is 2. The Bertz CT molecular complexity index is 2140. The summed E-state index contributed by atoms with van der Waals surface area (Å²) in [5, 5.41) is 3.66. The second-order valence-electron chi connectivity index (χ2n) is 10.4. The van der Waals surface area contributed by atoms with E-state index in [-0.39, 0.29) is 11.5 Å². The van der Waals surface area contributed by atoms with Crippen molar-refractivity contribution in [2.45, 2.75) is 19.6 Å². The Balaban J connectivity index is 1.39. The van der Waals surface area contributed by atoms with E-state index in [4.69, 9.17) is 26.1 Å². The lowest BCUT2D eigenvalue weighted by Gasteiger charge is -2.25. The molecule has 0 saturated heterocycles. The van der Waals surface area contributed by atoms with Crippen LogP contribution >= 0.6 is 68.1 Å². The van der Waals surface area contributed by atoms with Gasteiger partial charge in [0.2, 0.25) is 0 Å². The first-order chi connectivity index (χ1) is 22.2. The maximum Gasteiger partial charge on any atom is 0.271 e. The van der Waals surface area contributed by atoms with Crippen LogP contribution in [0.3, 0.4) is 0 Å². The van der Waals surface area contributed by atoms with E-state index in [1.54, 1.807) is 18.6 Å². The number of hydrogen-bond acceptors (Lipinski definition) is 6. The first-order valence-electron chi connectivity index (χ1n) is 14.1. The summed E-state index contributed by atoms with van der Waals surface area (Å²) < 4.78 is 15.6. The average molecular weight is 874 g/mol. The third kappa shape index (κ3) is 6.94. The van der Waals surface area contributed by atoms with Crippen LogP contribution in [0.2, 0.25) is 5.02 Å². The number of carbonyl (C=O) groups is 1. The van der Waals surface area contributed by atoms with Crippen molar-refractivity contribution < 1.29 is 14.3 Å². The number of halogens is 3. The summed E-state index contributed by atoms with van der Waals surface area (Å²) in [5.41, 5.74) is 3.96. The van der Waals surface area contributed by atoms with Crippen LogP contribution in [0.25, 0.3) is 6.08 Å². The van der Waals surface area contributed by atoms with Gasteiger partial charge in [0, 0.05) is 10.7 Å².